The van der Waals surface area contributed by atoms with Crippen LogP contribution in [0.5, 0.6) is 0 Å². The molecule has 1 aromatic heterocycles. The van der Waals surface area contributed by atoms with Crippen LogP contribution in [0.15, 0.2) is 11.4 Å². The molecule has 3 N–H and O–H groups in total. The van der Waals surface area contributed by atoms with Gasteiger partial charge in [0.2, 0.25) is 5.91 Å². The Morgan fingerprint density at radius 3 is 3.00 bits per heavy atom. The van der Waals surface area contributed by atoms with Crippen LogP contribution in [0.2, 0.25) is 0 Å². The molecule has 5 heteroatoms. The molecule has 104 valence electrons. The summed E-state index contributed by atoms with van der Waals surface area (Å²) in [5, 5.41) is 10.6. The van der Waals surface area contributed by atoms with Gasteiger partial charge in [0.1, 0.15) is 6.61 Å². The Kier molecular flexibility index (Phi) is 7.19. The number of aliphatic hydroxyl groups excluding tert-OH is 1. The first kappa shape index (κ1) is 15.7. The number of unbranched alkanes of at least 4 members (excludes halogenated alkanes) is 1. The molecule has 0 saturated carbocycles. The number of carbonyl (C=O) groups is 1. The molecule has 1 amide bonds. The molecule has 0 bridgehead atoms. The van der Waals surface area contributed by atoms with Gasteiger partial charge in [0.25, 0.3) is 0 Å². The Labute approximate surface area is 118 Å². The average molecular weight is 280 g/mol. The van der Waals surface area contributed by atoms with Gasteiger partial charge < -0.3 is 10.8 Å². The van der Waals surface area contributed by atoms with E-state index in [0.29, 0.717) is 6.54 Å². The monoisotopic (exact) mass is 280 g/mol. The van der Waals surface area contributed by atoms with Crippen molar-refractivity contribution in [3.8, 4) is 11.8 Å². The predicted octanol–water partition coefficient (Wildman–Crippen LogP) is 1.18. The van der Waals surface area contributed by atoms with Gasteiger partial charge in [-0.3, -0.25) is 9.69 Å². The van der Waals surface area contributed by atoms with E-state index < -0.39 is 0 Å². The number of aliphatic hydroxyl groups is 1. The second kappa shape index (κ2) is 8.70. The standard InChI is InChI=1S/C14H20N2O2S/c1-2-3-6-16(10-14(15)18)9-13-8-12(11-19-13)5-4-7-17/h8,11,17H,2-3,6-7,9-10H2,1H3,(H2,15,18). The Balaban J connectivity index is 2.61. The highest BCUT2D eigenvalue weighted by Gasteiger charge is 2.10. The fourth-order valence-corrected chi connectivity index (χ4v) is 2.56. The highest BCUT2D eigenvalue weighted by Crippen LogP contribution is 2.16. The maximum absolute atomic E-state index is 11.0. The molecule has 0 aliphatic rings. The third-order valence-electron chi connectivity index (χ3n) is 2.55. The number of carbonyl (C=O) groups excluding carboxylic acids is 1. The van der Waals surface area contributed by atoms with Crippen molar-refractivity contribution >= 4 is 17.2 Å². The number of hydrogen-bond acceptors (Lipinski definition) is 4. The first-order chi connectivity index (χ1) is 9.15. The summed E-state index contributed by atoms with van der Waals surface area (Å²) < 4.78 is 0. The number of thiophene rings is 1. The number of hydrogen-bond donors (Lipinski definition) is 2. The lowest BCUT2D eigenvalue weighted by Gasteiger charge is -2.19. The Morgan fingerprint density at radius 2 is 2.37 bits per heavy atom. The van der Waals surface area contributed by atoms with Crippen molar-refractivity contribution < 1.29 is 9.90 Å². The molecular formula is C14H20N2O2S. The number of nitrogens with two attached hydrogens (primary N) is 1. The molecule has 0 radical (unpaired) electrons. The fraction of sp³-hybridized carbons (Fsp3) is 0.500. The molecule has 0 spiro atoms. The fourth-order valence-electron chi connectivity index (χ4n) is 1.71. The minimum Gasteiger partial charge on any atom is -0.384 e. The van der Waals surface area contributed by atoms with E-state index in [-0.39, 0.29) is 19.1 Å². The second-order valence-electron chi connectivity index (χ2n) is 4.29. The van der Waals surface area contributed by atoms with Crippen molar-refractivity contribution in [1.82, 2.24) is 4.90 Å². The van der Waals surface area contributed by atoms with E-state index in [4.69, 9.17) is 10.8 Å². The second-order valence-corrected chi connectivity index (χ2v) is 5.29. The maximum atomic E-state index is 11.0. The van der Waals surface area contributed by atoms with Crippen LogP contribution in [0.3, 0.4) is 0 Å². The molecule has 0 atom stereocenters. The van der Waals surface area contributed by atoms with Crippen LogP contribution in [0, 0.1) is 11.8 Å². The minimum atomic E-state index is -0.298. The minimum absolute atomic E-state index is 0.129. The summed E-state index contributed by atoms with van der Waals surface area (Å²) in [6, 6.07) is 1.99. The Hall–Kier alpha value is -1.35. The van der Waals surface area contributed by atoms with E-state index in [2.05, 4.69) is 23.7 Å². The molecule has 1 aromatic rings. The zero-order valence-electron chi connectivity index (χ0n) is 11.2. The summed E-state index contributed by atoms with van der Waals surface area (Å²) in [5.74, 6) is 5.20. The van der Waals surface area contributed by atoms with Crippen molar-refractivity contribution in [1.29, 1.82) is 0 Å². The number of amides is 1. The third kappa shape index (κ3) is 6.39. The van der Waals surface area contributed by atoms with Crippen molar-refractivity contribution in [2.24, 2.45) is 5.73 Å². The predicted molar refractivity (Wildman–Crippen MR) is 77.7 cm³/mol. The molecule has 0 fully saturated rings. The van der Waals surface area contributed by atoms with Gasteiger partial charge in [0.15, 0.2) is 0 Å². The summed E-state index contributed by atoms with van der Waals surface area (Å²) in [6.45, 7) is 3.87. The number of rotatable bonds is 7. The van der Waals surface area contributed by atoms with Crippen molar-refractivity contribution in [2.75, 3.05) is 19.7 Å². The van der Waals surface area contributed by atoms with Gasteiger partial charge in [0.05, 0.1) is 6.54 Å². The normalized spacial score (nSPS) is 10.3. The SMILES string of the molecule is CCCCN(CC(N)=O)Cc1cc(C#CCO)cs1. The molecule has 0 unspecified atom stereocenters. The maximum Gasteiger partial charge on any atom is 0.231 e. The summed E-state index contributed by atoms with van der Waals surface area (Å²) in [5.41, 5.74) is 6.17. The van der Waals surface area contributed by atoms with Gasteiger partial charge >= 0.3 is 0 Å². The van der Waals surface area contributed by atoms with Crippen LogP contribution in [0.25, 0.3) is 0 Å². The zero-order chi connectivity index (χ0) is 14.1. The molecule has 19 heavy (non-hydrogen) atoms. The lowest BCUT2D eigenvalue weighted by atomic mass is 10.2. The summed E-state index contributed by atoms with van der Waals surface area (Å²) in [7, 11) is 0. The van der Waals surface area contributed by atoms with Crippen LogP contribution in [-0.4, -0.2) is 35.6 Å². The van der Waals surface area contributed by atoms with Gasteiger partial charge in [-0.05, 0) is 19.0 Å². The largest absolute Gasteiger partial charge is 0.384 e. The van der Waals surface area contributed by atoms with Crippen LogP contribution >= 0.6 is 11.3 Å². The Morgan fingerprint density at radius 1 is 1.58 bits per heavy atom. The zero-order valence-corrected chi connectivity index (χ0v) is 12.0. The van der Waals surface area contributed by atoms with Crippen molar-refractivity contribution in [3.05, 3.63) is 21.9 Å². The summed E-state index contributed by atoms with van der Waals surface area (Å²) in [6.07, 6.45) is 2.14. The molecular weight excluding hydrogens is 260 g/mol. The van der Waals surface area contributed by atoms with Crippen LogP contribution in [0.1, 0.15) is 30.2 Å². The summed E-state index contributed by atoms with van der Waals surface area (Å²) in [4.78, 5) is 14.3. The van der Waals surface area contributed by atoms with Gasteiger partial charge in [-0.15, -0.1) is 11.3 Å². The molecule has 0 aliphatic carbocycles. The van der Waals surface area contributed by atoms with Crippen LogP contribution in [-0.2, 0) is 11.3 Å². The van der Waals surface area contributed by atoms with E-state index in [0.717, 1.165) is 29.8 Å². The smallest absolute Gasteiger partial charge is 0.231 e. The number of primary amides is 1. The van der Waals surface area contributed by atoms with Gasteiger partial charge in [-0.1, -0.05) is 25.2 Å². The quantitative estimate of drug-likeness (QED) is 0.737. The first-order valence-electron chi connectivity index (χ1n) is 6.33. The Bertz CT molecular complexity index is 460. The highest BCUT2D eigenvalue weighted by atomic mass is 32.1. The van der Waals surface area contributed by atoms with E-state index in [1.54, 1.807) is 11.3 Å². The molecule has 4 nitrogen and oxygen atoms in total. The van der Waals surface area contributed by atoms with E-state index in [9.17, 15) is 4.79 Å². The lowest BCUT2D eigenvalue weighted by Crippen LogP contribution is -2.33. The van der Waals surface area contributed by atoms with E-state index in [1.165, 1.54) is 0 Å². The van der Waals surface area contributed by atoms with Crippen LogP contribution < -0.4 is 5.73 Å². The number of nitrogens with zero attached hydrogens (tertiary/aromatic N) is 1. The van der Waals surface area contributed by atoms with E-state index >= 15 is 0 Å². The highest BCUT2D eigenvalue weighted by molar-refractivity contribution is 7.10. The molecule has 1 rings (SSSR count). The van der Waals surface area contributed by atoms with Gasteiger partial charge in [-0.25, -0.2) is 0 Å². The molecule has 0 aromatic carbocycles. The third-order valence-corrected chi connectivity index (χ3v) is 3.47. The van der Waals surface area contributed by atoms with Gasteiger partial charge in [-0.2, -0.15) is 0 Å². The topological polar surface area (TPSA) is 66.6 Å². The summed E-state index contributed by atoms with van der Waals surface area (Å²) >= 11 is 1.61. The van der Waals surface area contributed by atoms with Gasteiger partial charge in [0, 0.05) is 22.4 Å². The lowest BCUT2D eigenvalue weighted by molar-refractivity contribution is -0.119. The molecule has 0 aliphatic heterocycles. The van der Waals surface area contributed by atoms with Crippen LogP contribution in [0.4, 0.5) is 0 Å². The van der Waals surface area contributed by atoms with Crippen molar-refractivity contribution in [3.63, 3.8) is 0 Å². The van der Waals surface area contributed by atoms with Crippen molar-refractivity contribution in [2.45, 2.75) is 26.3 Å². The van der Waals surface area contributed by atoms with E-state index in [1.807, 2.05) is 11.4 Å². The average Bonchev–Trinajstić information content (AvgIpc) is 2.80. The molecule has 0 saturated heterocycles. The first-order valence-corrected chi connectivity index (χ1v) is 7.21. The molecule has 1 heterocycles.